The Morgan fingerprint density at radius 1 is 1.11 bits per heavy atom. The fraction of sp³-hybridized carbons (Fsp3) is 0.182. The number of hydrogen-bond acceptors (Lipinski definition) is 5. The first kappa shape index (κ1) is 17.0. The molecule has 0 unspecified atom stereocenters. The molecule has 0 spiro atoms. The molecule has 1 aromatic heterocycles. The average Bonchev–Trinajstić information content (AvgIpc) is 3.38. The highest BCUT2D eigenvalue weighted by molar-refractivity contribution is 7.15. The van der Waals surface area contributed by atoms with E-state index in [4.69, 9.17) is 14.5 Å². The Morgan fingerprint density at radius 3 is 2.86 bits per heavy atom. The summed E-state index contributed by atoms with van der Waals surface area (Å²) in [5.74, 6) is 1.47. The van der Waals surface area contributed by atoms with Gasteiger partial charge in [0.15, 0.2) is 11.5 Å². The van der Waals surface area contributed by atoms with E-state index in [0.717, 1.165) is 39.7 Å². The molecule has 5 nitrogen and oxygen atoms in total. The monoisotopic (exact) mass is 390 g/mol. The standard InChI is InChI=1S/C22H18N2O3S/c25-21(9-7-15-6-8-18-19(12-15)27-14-26-18)24-11-10-17-20(13-24)28-22(23-17)16-4-2-1-3-5-16/h1-9,12H,10-11,13-14H2. The third-order valence-corrected chi connectivity index (χ3v) is 6.01. The van der Waals surface area contributed by atoms with Crippen LogP contribution in [0.25, 0.3) is 16.6 Å². The number of ether oxygens (including phenoxy) is 2. The minimum absolute atomic E-state index is 0.0120. The highest BCUT2D eigenvalue weighted by Crippen LogP contribution is 2.33. The van der Waals surface area contributed by atoms with Crippen LogP contribution in [-0.2, 0) is 17.8 Å². The van der Waals surface area contributed by atoms with Gasteiger partial charge in [0.25, 0.3) is 0 Å². The van der Waals surface area contributed by atoms with Crippen LogP contribution in [0.1, 0.15) is 16.1 Å². The second-order valence-corrected chi connectivity index (χ2v) is 7.79. The lowest BCUT2D eigenvalue weighted by Gasteiger charge is -2.24. The van der Waals surface area contributed by atoms with E-state index in [-0.39, 0.29) is 12.7 Å². The number of fused-ring (bicyclic) bond motifs is 2. The predicted molar refractivity (Wildman–Crippen MR) is 108 cm³/mol. The molecule has 2 aliphatic rings. The maximum absolute atomic E-state index is 12.7. The smallest absolute Gasteiger partial charge is 0.246 e. The molecule has 0 bridgehead atoms. The van der Waals surface area contributed by atoms with E-state index in [9.17, 15) is 4.79 Å². The molecule has 0 aliphatic carbocycles. The summed E-state index contributed by atoms with van der Waals surface area (Å²) >= 11 is 1.68. The molecule has 6 heteroatoms. The zero-order valence-electron chi connectivity index (χ0n) is 15.1. The number of rotatable bonds is 3. The molecular weight excluding hydrogens is 372 g/mol. The molecule has 1 amide bonds. The quantitative estimate of drug-likeness (QED) is 0.631. The number of nitrogens with zero attached hydrogens (tertiary/aromatic N) is 2. The van der Waals surface area contributed by atoms with Crippen LogP contribution in [0.3, 0.4) is 0 Å². The zero-order chi connectivity index (χ0) is 18.9. The maximum atomic E-state index is 12.7. The molecular formula is C22H18N2O3S. The molecule has 2 aromatic carbocycles. The lowest BCUT2D eigenvalue weighted by molar-refractivity contribution is -0.126. The lowest BCUT2D eigenvalue weighted by atomic mass is 10.1. The van der Waals surface area contributed by atoms with Crippen LogP contribution in [0.2, 0.25) is 0 Å². The van der Waals surface area contributed by atoms with Gasteiger partial charge in [0, 0.05) is 29.5 Å². The number of carbonyl (C=O) groups excluding carboxylic acids is 1. The summed E-state index contributed by atoms with van der Waals surface area (Å²) in [6.45, 7) is 1.55. The topological polar surface area (TPSA) is 51.7 Å². The molecule has 3 aromatic rings. The summed E-state index contributed by atoms with van der Waals surface area (Å²) in [6, 6.07) is 15.9. The van der Waals surface area contributed by atoms with Gasteiger partial charge in [0.05, 0.1) is 12.2 Å². The van der Waals surface area contributed by atoms with Crippen LogP contribution < -0.4 is 9.47 Å². The van der Waals surface area contributed by atoms with Crippen LogP contribution in [0.15, 0.2) is 54.6 Å². The van der Waals surface area contributed by atoms with E-state index in [2.05, 4.69) is 12.1 Å². The van der Waals surface area contributed by atoms with E-state index >= 15 is 0 Å². The highest BCUT2D eigenvalue weighted by atomic mass is 32.1. The van der Waals surface area contributed by atoms with E-state index in [1.807, 2.05) is 47.4 Å². The summed E-state index contributed by atoms with van der Waals surface area (Å²) in [7, 11) is 0. The SMILES string of the molecule is O=C(C=Cc1ccc2c(c1)OCO2)N1CCc2nc(-c3ccccc3)sc2C1. The molecule has 0 radical (unpaired) electrons. The van der Waals surface area contributed by atoms with Crippen LogP contribution >= 0.6 is 11.3 Å². The number of thiazole rings is 1. The maximum Gasteiger partial charge on any atom is 0.246 e. The fourth-order valence-electron chi connectivity index (χ4n) is 3.38. The van der Waals surface area contributed by atoms with Crippen molar-refractivity contribution < 1.29 is 14.3 Å². The molecule has 3 heterocycles. The van der Waals surface area contributed by atoms with Crippen LogP contribution in [0, 0.1) is 0 Å². The minimum atomic E-state index is 0.0120. The minimum Gasteiger partial charge on any atom is -0.454 e. The number of aromatic nitrogens is 1. The second kappa shape index (κ2) is 7.13. The van der Waals surface area contributed by atoms with Gasteiger partial charge in [-0.3, -0.25) is 4.79 Å². The third kappa shape index (κ3) is 3.27. The Labute approximate surface area is 166 Å². The van der Waals surface area contributed by atoms with Crippen molar-refractivity contribution in [3.63, 3.8) is 0 Å². The molecule has 2 aliphatic heterocycles. The fourth-order valence-corrected chi connectivity index (χ4v) is 4.51. The molecule has 5 rings (SSSR count). The summed E-state index contributed by atoms with van der Waals surface area (Å²) in [6.07, 6.45) is 4.24. The largest absolute Gasteiger partial charge is 0.454 e. The predicted octanol–water partition coefficient (Wildman–Crippen LogP) is 4.14. The van der Waals surface area contributed by atoms with Crippen molar-refractivity contribution in [3.05, 3.63) is 70.7 Å². The molecule has 0 N–H and O–H groups in total. The van der Waals surface area contributed by atoms with Gasteiger partial charge in [-0.1, -0.05) is 36.4 Å². The Bertz CT molecular complexity index is 1060. The van der Waals surface area contributed by atoms with Crippen LogP contribution in [0.4, 0.5) is 0 Å². The Kier molecular flexibility index (Phi) is 4.33. The Morgan fingerprint density at radius 2 is 1.96 bits per heavy atom. The molecule has 140 valence electrons. The second-order valence-electron chi connectivity index (χ2n) is 6.71. The summed E-state index contributed by atoms with van der Waals surface area (Å²) in [5, 5.41) is 1.02. The lowest BCUT2D eigenvalue weighted by Crippen LogP contribution is -2.34. The van der Waals surface area contributed by atoms with Crippen LogP contribution in [0.5, 0.6) is 11.5 Å². The van der Waals surface area contributed by atoms with Crippen LogP contribution in [-0.4, -0.2) is 29.1 Å². The van der Waals surface area contributed by atoms with Gasteiger partial charge in [0.1, 0.15) is 5.01 Å². The van der Waals surface area contributed by atoms with Crippen molar-refractivity contribution in [2.75, 3.05) is 13.3 Å². The summed E-state index contributed by atoms with van der Waals surface area (Å²) < 4.78 is 10.7. The van der Waals surface area contributed by atoms with Crippen molar-refractivity contribution >= 4 is 23.3 Å². The van der Waals surface area contributed by atoms with Gasteiger partial charge in [-0.2, -0.15) is 0 Å². The molecule has 0 atom stereocenters. The molecule has 0 saturated carbocycles. The highest BCUT2D eigenvalue weighted by Gasteiger charge is 2.23. The van der Waals surface area contributed by atoms with Crippen molar-refractivity contribution in [3.8, 4) is 22.1 Å². The van der Waals surface area contributed by atoms with Gasteiger partial charge >= 0.3 is 0 Å². The van der Waals surface area contributed by atoms with E-state index in [0.29, 0.717) is 13.1 Å². The van der Waals surface area contributed by atoms with Crippen molar-refractivity contribution in [1.29, 1.82) is 0 Å². The van der Waals surface area contributed by atoms with Crippen molar-refractivity contribution in [2.24, 2.45) is 0 Å². The number of amides is 1. The number of benzene rings is 2. The number of carbonyl (C=O) groups is 1. The van der Waals surface area contributed by atoms with E-state index < -0.39 is 0 Å². The van der Waals surface area contributed by atoms with Gasteiger partial charge < -0.3 is 14.4 Å². The summed E-state index contributed by atoms with van der Waals surface area (Å²) in [4.78, 5) is 20.5. The van der Waals surface area contributed by atoms with Gasteiger partial charge in [-0.25, -0.2) is 4.98 Å². The first-order valence-electron chi connectivity index (χ1n) is 9.17. The van der Waals surface area contributed by atoms with Crippen molar-refractivity contribution in [2.45, 2.75) is 13.0 Å². The van der Waals surface area contributed by atoms with Crippen molar-refractivity contribution in [1.82, 2.24) is 9.88 Å². The molecule has 0 saturated heterocycles. The first-order valence-corrected chi connectivity index (χ1v) is 9.98. The van der Waals surface area contributed by atoms with Gasteiger partial charge in [-0.15, -0.1) is 11.3 Å². The Hall–Kier alpha value is -3.12. The zero-order valence-corrected chi connectivity index (χ0v) is 15.9. The molecule has 0 fully saturated rings. The van der Waals surface area contributed by atoms with E-state index in [1.165, 1.54) is 4.88 Å². The summed E-state index contributed by atoms with van der Waals surface area (Å²) in [5.41, 5.74) is 3.16. The number of hydrogen-bond donors (Lipinski definition) is 0. The average molecular weight is 390 g/mol. The Balaban J connectivity index is 1.29. The molecule has 28 heavy (non-hydrogen) atoms. The third-order valence-electron chi connectivity index (χ3n) is 4.88. The normalized spacial score (nSPS) is 15.1. The van der Waals surface area contributed by atoms with E-state index in [1.54, 1.807) is 17.4 Å². The first-order chi connectivity index (χ1) is 13.8. The van der Waals surface area contributed by atoms with Gasteiger partial charge in [-0.05, 0) is 23.8 Å². The van der Waals surface area contributed by atoms with Gasteiger partial charge in [0.2, 0.25) is 12.7 Å².